The van der Waals surface area contributed by atoms with Crippen LogP contribution in [-0.2, 0) is 37.9 Å². The molecule has 0 fully saturated rings. The van der Waals surface area contributed by atoms with Crippen molar-refractivity contribution < 1.29 is 36.3 Å². The molecule has 244 valence electrons. The molecule has 1 rings (SSSR count). The van der Waals surface area contributed by atoms with Crippen molar-refractivity contribution in [2.24, 2.45) is 5.92 Å². The molecule has 42 heavy (non-hydrogen) atoms. The van der Waals surface area contributed by atoms with Crippen molar-refractivity contribution in [3.05, 3.63) is 23.6 Å². The van der Waals surface area contributed by atoms with Gasteiger partial charge >= 0.3 is 11.9 Å². The molecule has 0 bridgehead atoms. The van der Waals surface area contributed by atoms with Crippen LogP contribution in [0.1, 0.15) is 48.5 Å². The van der Waals surface area contributed by atoms with E-state index in [0.717, 1.165) is 0 Å². The lowest BCUT2D eigenvalue weighted by Crippen LogP contribution is -2.47. The minimum absolute atomic E-state index is 0.00743. The van der Waals surface area contributed by atoms with Gasteiger partial charge in [-0.25, -0.2) is 18.0 Å². The number of ether oxygens (including phenoxy) is 2. The van der Waals surface area contributed by atoms with Crippen LogP contribution < -0.4 is 0 Å². The van der Waals surface area contributed by atoms with Crippen molar-refractivity contribution in [3.8, 4) is 0 Å². The molecule has 0 saturated carbocycles. The third-order valence-corrected chi connectivity index (χ3v) is 21.1. The molecule has 0 N–H and O–H groups in total. The second-order valence-electron chi connectivity index (χ2n) is 15.3. The lowest BCUT2D eigenvalue weighted by molar-refractivity contribution is -0.140. The van der Waals surface area contributed by atoms with E-state index in [0.29, 0.717) is 6.04 Å². The van der Waals surface area contributed by atoms with Gasteiger partial charge in [-0.05, 0) is 61.4 Å². The lowest BCUT2D eigenvalue weighted by atomic mass is 10.0. The number of esters is 2. The molecule has 0 saturated heterocycles. The van der Waals surface area contributed by atoms with Crippen LogP contribution in [0.5, 0.6) is 0 Å². The van der Waals surface area contributed by atoms with E-state index in [9.17, 15) is 18.0 Å². The summed E-state index contributed by atoms with van der Waals surface area (Å²) in [6.07, 6.45) is 2.50. The van der Waals surface area contributed by atoms with Crippen molar-refractivity contribution >= 4 is 46.7 Å². The van der Waals surface area contributed by atoms with Crippen molar-refractivity contribution in [3.63, 3.8) is 0 Å². The molecule has 2 atom stereocenters. The van der Waals surface area contributed by atoms with Gasteiger partial charge in [-0.3, -0.25) is 4.31 Å². The Kier molecular flexibility index (Phi) is 12.6. The molecule has 0 unspecified atom stereocenters. The highest BCUT2D eigenvalue weighted by molar-refractivity contribution is 7.89. The van der Waals surface area contributed by atoms with Gasteiger partial charge in [0.1, 0.15) is 5.70 Å². The topological polar surface area (TPSA) is 108 Å². The molecule has 0 aromatic rings. The number of carbonyl (C=O) groups excluding carboxylic acids is 2. The molecule has 0 radical (unpaired) electrons. The Morgan fingerprint density at radius 3 is 1.95 bits per heavy atom. The molecule has 0 aromatic carbocycles. The number of rotatable bonds is 13. The first-order valence-corrected chi connectivity index (χ1v) is 25.9. The van der Waals surface area contributed by atoms with Crippen LogP contribution in [0.4, 0.5) is 0 Å². The maximum Gasteiger partial charge on any atom is 0.371 e. The first-order chi connectivity index (χ1) is 18.7. The SMILES string of the molecule is CCOC(=O)C1=C[C@@H]([C@@H](/C=C(/O[Si](C)(C)C(C)(C)C)C(=O)OC)O[Si](C)(C)C(C)(C)C)CN1S(=O)(=O)CC[Si](C)(C)C. The Morgan fingerprint density at radius 2 is 1.52 bits per heavy atom. The normalized spacial score (nSPS) is 18.5. The van der Waals surface area contributed by atoms with Crippen LogP contribution >= 0.6 is 0 Å². The van der Waals surface area contributed by atoms with E-state index in [1.54, 1.807) is 19.1 Å². The van der Waals surface area contributed by atoms with Gasteiger partial charge in [0, 0.05) is 20.5 Å². The zero-order valence-corrected chi connectivity index (χ0v) is 32.6. The summed E-state index contributed by atoms with van der Waals surface area (Å²) in [5.74, 6) is -1.91. The maximum atomic E-state index is 13.6. The molecule has 9 nitrogen and oxygen atoms in total. The predicted molar refractivity (Wildman–Crippen MR) is 177 cm³/mol. The maximum absolute atomic E-state index is 13.6. The van der Waals surface area contributed by atoms with E-state index in [1.807, 2.05) is 13.1 Å². The summed E-state index contributed by atoms with van der Waals surface area (Å²) in [6, 6.07) is 0.559. The second-order valence-corrected chi connectivity index (χ2v) is 32.4. The summed E-state index contributed by atoms with van der Waals surface area (Å²) >= 11 is 0. The molecular formula is C29H57NO8SSi3. The number of hydrogen-bond acceptors (Lipinski definition) is 8. The van der Waals surface area contributed by atoms with Crippen molar-refractivity contribution in [1.82, 2.24) is 4.31 Å². The Labute approximate surface area is 258 Å². The predicted octanol–water partition coefficient (Wildman–Crippen LogP) is 6.50. The summed E-state index contributed by atoms with van der Waals surface area (Å²) in [5, 5.41) is -0.373. The zero-order chi connectivity index (χ0) is 33.1. The fourth-order valence-electron chi connectivity index (χ4n) is 3.59. The Hall–Kier alpha value is -1.42. The molecule has 13 heteroatoms. The van der Waals surface area contributed by atoms with E-state index < -0.39 is 58.7 Å². The molecule has 1 heterocycles. The van der Waals surface area contributed by atoms with E-state index in [4.69, 9.17) is 18.3 Å². The standard InChI is InChI=1S/C29H57NO8SSi3/c1-16-36-26(31)23-19-22(21-30(23)39(33,34)17-18-40(9,10)11)24(37-41(12,13)28(2,3)4)20-25(27(32)35-8)38-42(14,15)29(5,6)7/h19-20,22,24H,16-18,21H2,1-15H3/b25-20+/t22-,24-/m1/s1. The molecule has 0 aromatic heterocycles. The Balaban J connectivity index is 3.80. The highest BCUT2D eigenvalue weighted by atomic mass is 32.2. The quantitative estimate of drug-likeness (QED) is 0.0951. The molecule has 0 aliphatic carbocycles. The van der Waals surface area contributed by atoms with Crippen LogP contribution in [0.15, 0.2) is 23.6 Å². The minimum Gasteiger partial charge on any atom is -0.539 e. The van der Waals surface area contributed by atoms with Crippen LogP contribution in [0.25, 0.3) is 0 Å². The van der Waals surface area contributed by atoms with Gasteiger partial charge in [-0.2, -0.15) is 0 Å². The van der Waals surface area contributed by atoms with E-state index in [1.165, 1.54) is 11.4 Å². The molecule has 1 aliphatic heterocycles. The highest BCUT2D eigenvalue weighted by Gasteiger charge is 2.46. The average Bonchev–Trinajstić information content (AvgIpc) is 3.26. The smallest absolute Gasteiger partial charge is 0.371 e. The summed E-state index contributed by atoms with van der Waals surface area (Å²) < 4.78 is 52.2. The highest BCUT2D eigenvalue weighted by Crippen LogP contribution is 2.41. The van der Waals surface area contributed by atoms with Gasteiger partial charge in [0.05, 0.1) is 25.6 Å². The Bertz CT molecular complexity index is 1140. The van der Waals surface area contributed by atoms with Crippen LogP contribution in [0.3, 0.4) is 0 Å². The zero-order valence-electron chi connectivity index (χ0n) is 28.8. The molecule has 0 amide bonds. The first-order valence-electron chi connectivity index (χ1n) is 14.8. The van der Waals surface area contributed by atoms with Crippen molar-refractivity contribution in [1.29, 1.82) is 0 Å². The van der Waals surface area contributed by atoms with E-state index >= 15 is 0 Å². The third-order valence-electron chi connectivity index (χ3n) is 8.48. The van der Waals surface area contributed by atoms with Crippen LogP contribution in [-0.4, -0.2) is 81.5 Å². The van der Waals surface area contributed by atoms with E-state index in [2.05, 4.69) is 74.3 Å². The third kappa shape index (κ3) is 10.3. The Morgan fingerprint density at radius 1 is 1.00 bits per heavy atom. The fourth-order valence-corrected chi connectivity index (χ4v) is 10.4. The number of methoxy groups -OCH3 is 1. The number of carbonyl (C=O) groups is 2. The number of nitrogens with zero attached hydrogens (tertiary/aromatic N) is 1. The summed E-state index contributed by atoms with van der Waals surface area (Å²) in [4.78, 5) is 26.1. The minimum atomic E-state index is -3.82. The summed E-state index contributed by atoms with van der Waals surface area (Å²) in [7, 11) is -9.14. The summed E-state index contributed by atoms with van der Waals surface area (Å²) in [6.45, 7) is 28.9. The van der Waals surface area contributed by atoms with Crippen LogP contribution in [0, 0.1) is 5.92 Å². The number of sulfonamides is 1. The number of hydrogen-bond donors (Lipinski definition) is 0. The van der Waals surface area contributed by atoms with Crippen molar-refractivity contribution in [2.75, 3.05) is 26.0 Å². The molecule has 0 spiro atoms. The summed E-state index contributed by atoms with van der Waals surface area (Å²) in [5.41, 5.74) is -0.0143. The van der Waals surface area contributed by atoms with Gasteiger partial charge < -0.3 is 18.3 Å². The van der Waals surface area contributed by atoms with Gasteiger partial charge in [0.2, 0.25) is 10.0 Å². The fraction of sp³-hybridized carbons (Fsp3) is 0.793. The largest absolute Gasteiger partial charge is 0.539 e. The lowest BCUT2D eigenvalue weighted by Gasteiger charge is -2.40. The second kappa shape index (κ2) is 13.7. The van der Waals surface area contributed by atoms with Gasteiger partial charge in [0.25, 0.3) is 8.32 Å². The van der Waals surface area contributed by atoms with Gasteiger partial charge in [0.15, 0.2) is 14.1 Å². The molecule has 1 aliphatic rings. The van der Waals surface area contributed by atoms with Gasteiger partial charge in [-0.15, -0.1) is 0 Å². The van der Waals surface area contributed by atoms with Crippen molar-refractivity contribution in [2.45, 2.75) is 117 Å². The van der Waals surface area contributed by atoms with Crippen LogP contribution in [0.2, 0.25) is 61.9 Å². The first kappa shape index (κ1) is 38.6. The monoisotopic (exact) mass is 663 g/mol. The van der Waals surface area contributed by atoms with Gasteiger partial charge in [-0.1, -0.05) is 61.2 Å². The van der Waals surface area contributed by atoms with E-state index in [-0.39, 0.29) is 40.4 Å². The molecular weight excluding hydrogens is 607 g/mol. The average molecular weight is 664 g/mol.